The van der Waals surface area contributed by atoms with E-state index >= 15 is 0 Å². The highest BCUT2D eigenvalue weighted by molar-refractivity contribution is 6.06. The SMILES string of the molecule is c1ccc(C2(c3ccccc3)c3ccccc3-c3c(-c4ccccc4N(c4ccc(-c5ccc(-c6ccc7ccccc7c6)cc5)cc4)c4ccc(-c5ccc6c(c5)oc5ccccc56)cc4)cccc32)cc1. The van der Waals surface area contributed by atoms with Crippen molar-refractivity contribution in [2.24, 2.45) is 0 Å². The minimum atomic E-state index is -0.510. The van der Waals surface area contributed by atoms with Gasteiger partial charge in [-0.2, -0.15) is 0 Å². The summed E-state index contributed by atoms with van der Waals surface area (Å²) < 4.78 is 6.34. The van der Waals surface area contributed by atoms with Gasteiger partial charge in [-0.3, -0.25) is 0 Å². The second-order valence-electron chi connectivity index (χ2n) is 19.2. The summed E-state index contributed by atoms with van der Waals surface area (Å²) in [6.07, 6.45) is 0. The summed E-state index contributed by atoms with van der Waals surface area (Å²) >= 11 is 0. The number of furan rings is 1. The van der Waals surface area contributed by atoms with E-state index in [9.17, 15) is 0 Å². The molecule has 0 fully saturated rings. The largest absolute Gasteiger partial charge is 0.456 e. The Kier molecular flexibility index (Phi) is 10.1. The second kappa shape index (κ2) is 17.4. The van der Waals surface area contributed by atoms with E-state index in [2.05, 4.69) is 278 Å². The van der Waals surface area contributed by atoms with Gasteiger partial charge < -0.3 is 9.32 Å². The van der Waals surface area contributed by atoms with Crippen LogP contribution < -0.4 is 4.90 Å². The van der Waals surface area contributed by atoms with Crippen molar-refractivity contribution in [1.29, 1.82) is 0 Å². The molecular formula is C71H47NO. The molecule has 2 heteroatoms. The summed E-state index contributed by atoms with van der Waals surface area (Å²) in [5, 5.41) is 4.76. The lowest BCUT2D eigenvalue weighted by molar-refractivity contribution is 0.669. The fraction of sp³-hybridized carbons (Fsp3) is 0.0141. The van der Waals surface area contributed by atoms with E-state index in [0.717, 1.165) is 61.3 Å². The van der Waals surface area contributed by atoms with Crippen LogP contribution in [0, 0.1) is 0 Å². The predicted molar refractivity (Wildman–Crippen MR) is 305 cm³/mol. The molecule has 0 saturated heterocycles. The number of para-hydroxylation sites is 2. The number of benzene rings is 12. The zero-order chi connectivity index (χ0) is 48.3. The Morgan fingerprint density at radius 2 is 0.767 bits per heavy atom. The molecule has 0 saturated carbocycles. The van der Waals surface area contributed by atoms with Crippen molar-refractivity contribution in [3.05, 3.63) is 307 Å². The number of hydrogen-bond acceptors (Lipinski definition) is 2. The number of rotatable bonds is 9. The average Bonchev–Trinajstić information content (AvgIpc) is 4.00. The summed E-state index contributed by atoms with van der Waals surface area (Å²) in [4.78, 5) is 2.43. The van der Waals surface area contributed by atoms with Crippen LogP contribution in [0.1, 0.15) is 22.3 Å². The molecule has 73 heavy (non-hydrogen) atoms. The van der Waals surface area contributed by atoms with E-state index in [1.54, 1.807) is 0 Å². The van der Waals surface area contributed by atoms with Crippen molar-refractivity contribution in [1.82, 2.24) is 0 Å². The standard InChI is InChI=1S/C71H47NO/c1-3-18-56(19-4-1)71(57-20-5-2-6-21-57)65-26-12-9-24-64(65)70-63(25-15-27-66(70)71)60-22-10-13-28-67(60)72(59-43-38-52(39-44-59)55-40-45-62-61-23-11-14-29-68(61)73-69(62)47-55)58-41-36-50(37-42-58)49-30-32-51(33-31-49)54-35-34-48-16-7-8-17-53(48)46-54/h1-47H. The molecular weight excluding hydrogens is 883 g/mol. The Hall–Kier alpha value is -9.50. The monoisotopic (exact) mass is 929 g/mol. The molecule has 0 spiro atoms. The van der Waals surface area contributed by atoms with Crippen molar-refractivity contribution >= 4 is 49.8 Å². The van der Waals surface area contributed by atoms with Gasteiger partial charge in [0.05, 0.1) is 11.1 Å². The van der Waals surface area contributed by atoms with Crippen LogP contribution in [0.3, 0.4) is 0 Å². The molecule has 0 N–H and O–H groups in total. The van der Waals surface area contributed by atoms with Gasteiger partial charge in [-0.25, -0.2) is 0 Å². The van der Waals surface area contributed by atoms with E-state index in [-0.39, 0.29) is 0 Å². The first-order chi connectivity index (χ1) is 36.2. The normalized spacial score (nSPS) is 12.5. The molecule has 1 aliphatic rings. The van der Waals surface area contributed by atoms with E-state index in [1.807, 2.05) is 12.1 Å². The topological polar surface area (TPSA) is 16.4 Å². The van der Waals surface area contributed by atoms with E-state index in [0.29, 0.717) is 0 Å². The predicted octanol–water partition coefficient (Wildman–Crippen LogP) is 19.2. The molecule has 14 rings (SSSR count). The molecule has 0 radical (unpaired) electrons. The first kappa shape index (κ1) is 42.4. The summed E-state index contributed by atoms with van der Waals surface area (Å²) in [6.45, 7) is 0. The quantitative estimate of drug-likeness (QED) is 0.143. The van der Waals surface area contributed by atoms with Crippen LogP contribution in [0.5, 0.6) is 0 Å². The highest BCUT2D eigenvalue weighted by Gasteiger charge is 2.47. The van der Waals surface area contributed by atoms with Gasteiger partial charge in [0, 0.05) is 27.7 Å². The van der Waals surface area contributed by atoms with Gasteiger partial charge in [-0.15, -0.1) is 0 Å². The van der Waals surface area contributed by atoms with Gasteiger partial charge in [-0.1, -0.05) is 231 Å². The molecule has 0 bridgehead atoms. The number of nitrogens with zero attached hydrogens (tertiary/aromatic N) is 1. The van der Waals surface area contributed by atoms with Crippen LogP contribution >= 0.6 is 0 Å². The molecule has 0 atom stereocenters. The molecule has 12 aromatic carbocycles. The molecule has 1 aliphatic carbocycles. The summed E-state index contributed by atoms with van der Waals surface area (Å²) in [5.74, 6) is 0. The summed E-state index contributed by atoms with van der Waals surface area (Å²) in [6, 6.07) is 104. The highest BCUT2D eigenvalue weighted by atomic mass is 16.3. The molecule has 0 aliphatic heterocycles. The third kappa shape index (κ3) is 7.02. The number of hydrogen-bond donors (Lipinski definition) is 0. The Balaban J connectivity index is 0.903. The Morgan fingerprint density at radius 3 is 1.47 bits per heavy atom. The minimum Gasteiger partial charge on any atom is -0.456 e. The summed E-state index contributed by atoms with van der Waals surface area (Å²) in [7, 11) is 0. The Bertz CT molecular complexity index is 4130. The van der Waals surface area contributed by atoms with Crippen LogP contribution in [0.4, 0.5) is 17.1 Å². The first-order valence-corrected chi connectivity index (χ1v) is 25.1. The highest BCUT2D eigenvalue weighted by Crippen LogP contribution is 2.59. The smallest absolute Gasteiger partial charge is 0.136 e. The van der Waals surface area contributed by atoms with Gasteiger partial charge in [-0.05, 0) is 138 Å². The van der Waals surface area contributed by atoms with Crippen molar-refractivity contribution in [2.75, 3.05) is 4.90 Å². The molecule has 1 heterocycles. The maximum absolute atomic E-state index is 6.34. The third-order valence-electron chi connectivity index (χ3n) is 15.2. The van der Waals surface area contributed by atoms with Gasteiger partial charge >= 0.3 is 0 Å². The first-order valence-electron chi connectivity index (χ1n) is 25.1. The van der Waals surface area contributed by atoms with Gasteiger partial charge in [0.2, 0.25) is 0 Å². The molecule has 2 nitrogen and oxygen atoms in total. The molecule has 13 aromatic rings. The van der Waals surface area contributed by atoms with E-state index in [1.165, 1.54) is 66.4 Å². The summed E-state index contributed by atoms with van der Waals surface area (Å²) in [5.41, 5.74) is 21.4. The zero-order valence-corrected chi connectivity index (χ0v) is 40.0. The molecule has 0 unspecified atom stereocenters. The van der Waals surface area contributed by atoms with E-state index in [4.69, 9.17) is 4.42 Å². The second-order valence-corrected chi connectivity index (χ2v) is 19.2. The third-order valence-corrected chi connectivity index (χ3v) is 15.2. The van der Waals surface area contributed by atoms with Crippen molar-refractivity contribution in [3.63, 3.8) is 0 Å². The molecule has 1 aromatic heterocycles. The van der Waals surface area contributed by atoms with Gasteiger partial charge in [0.15, 0.2) is 0 Å². The minimum absolute atomic E-state index is 0.510. The fourth-order valence-electron chi connectivity index (χ4n) is 11.8. The fourth-order valence-corrected chi connectivity index (χ4v) is 11.8. The van der Waals surface area contributed by atoms with Crippen molar-refractivity contribution < 1.29 is 4.42 Å². The number of anilines is 3. The lowest BCUT2D eigenvalue weighted by atomic mass is 9.67. The Labute approximate surface area is 425 Å². The zero-order valence-electron chi connectivity index (χ0n) is 40.0. The average molecular weight is 930 g/mol. The van der Waals surface area contributed by atoms with E-state index < -0.39 is 5.41 Å². The van der Waals surface area contributed by atoms with Crippen LogP contribution in [-0.2, 0) is 5.41 Å². The molecule has 342 valence electrons. The maximum atomic E-state index is 6.34. The Morgan fingerprint density at radius 1 is 0.288 bits per heavy atom. The van der Waals surface area contributed by atoms with Crippen LogP contribution in [0.15, 0.2) is 290 Å². The number of fused-ring (bicyclic) bond motifs is 7. The van der Waals surface area contributed by atoms with Gasteiger partial charge in [0.25, 0.3) is 0 Å². The van der Waals surface area contributed by atoms with Crippen LogP contribution in [0.25, 0.3) is 88.3 Å². The van der Waals surface area contributed by atoms with Crippen molar-refractivity contribution in [2.45, 2.75) is 5.41 Å². The molecule has 0 amide bonds. The van der Waals surface area contributed by atoms with Crippen LogP contribution in [-0.4, -0.2) is 0 Å². The van der Waals surface area contributed by atoms with Crippen LogP contribution in [0.2, 0.25) is 0 Å². The lowest BCUT2D eigenvalue weighted by Gasteiger charge is -2.34. The van der Waals surface area contributed by atoms with Gasteiger partial charge in [0.1, 0.15) is 11.2 Å². The maximum Gasteiger partial charge on any atom is 0.136 e. The lowest BCUT2D eigenvalue weighted by Crippen LogP contribution is -2.28. The van der Waals surface area contributed by atoms with Crippen molar-refractivity contribution in [3.8, 4) is 55.6 Å².